The van der Waals surface area contributed by atoms with Crippen LogP contribution in [-0.2, 0) is 9.53 Å². The SMILES string of the molecule is C=C[C@@H](NC(=O)C(Cl)(Cl)Cl)[C@H](CC)NC(=O)OC(C)(C)C. The molecule has 0 heterocycles. The van der Waals surface area contributed by atoms with E-state index in [1.807, 2.05) is 6.92 Å². The third-order valence-electron chi connectivity index (χ3n) is 2.38. The van der Waals surface area contributed by atoms with Gasteiger partial charge in [0, 0.05) is 0 Å². The number of carbonyl (C=O) groups excluding carboxylic acids is 2. The average Bonchev–Trinajstić information content (AvgIpc) is 2.29. The molecular weight excluding hydrogens is 339 g/mol. The third kappa shape index (κ3) is 8.39. The predicted molar refractivity (Wildman–Crippen MR) is 85.9 cm³/mol. The lowest BCUT2D eigenvalue weighted by Crippen LogP contribution is -2.53. The van der Waals surface area contributed by atoms with E-state index in [0.717, 1.165) is 0 Å². The molecule has 0 bridgehead atoms. The van der Waals surface area contributed by atoms with E-state index in [2.05, 4.69) is 17.2 Å². The van der Waals surface area contributed by atoms with Crippen LogP contribution < -0.4 is 10.6 Å². The number of rotatable bonds is 5. The Bertz CT molecular complexity index is 389. The third-order valence-corrected chi connectivity index (χ3v) is 2.90. The lowest BCUT2D eigenvalue weighted by molar-refractivity contribution is -0.120. The Kier molecular flexibility index (Phi) is 7.86. The molecule has 0 unspecified atom stereocenters. The van der Waals surface area contributed by atoms with Crippen LogP contribution in [0.2, 0.25) is 0 Å². The maximum atomic E-state index is 11.8. The Morgan fingerprint density at radius 2 is 1.76 bits per heavy atom. The molecule has 0 spiro atoms. The van der Waals surface area contributed by atoms with E-state index in [9.17, 15) is 9.59 Å². The summed E-state index contributed by atoms with van der Waals surface area (Å²) in [5, 5.41) is 5.16. The molecule has 0 aliphatic rings. The topological polar surface area (TPSA) is 67.4 Å². The second-order valence-corrected chi connectivity index (χ2v) is 7.67. The Balaban J connectivity index is 4.78. The van der Waals surface area contributed by atoms with Crippen molar-refractivity contribution in [1.82, 2.24) is 10.6 Å². The van der Waals surface area contributed by atoms with Crippen molar-refractivity contribution in [3.8, 4) is 0 Å². The summed E-state index contributed by atoms with van der Waals surface area (Å²) in [6.45, 7) is 10.7. The van der Waals surface area contributed by atoms with E-state index in [-0.39, 0.29) is 0 Å². The summed E-state index contributed by atoms with van der Waals surface area (Å²) in [6.07, 6.45) is 1.39. The molecule has 0 saturated heterocycles. The summed E-state index contributed by atoms with van der Waals surface area (Å²) in [7, 11) is 0. The van der Waals surface area contributed by atoms with Gasteiger partial charge in [-0.2, -0.15) is 0 Å². The molecule has 0 rings (SSSR count). The van der Waals surface area contributed by atoms with Crippen LogP contribution in [0.3, 0.4) is 0 Å². The fraction of sp³-hybridized carbons (Fsp3) is 0.692. The van der Waals surface area contributed by atoms with Crippen molar-refractivity contribution < 1.29 is 14.3 Å². The molecule has 8 heteroatoms. The van der Waals surface area contributed by atoms with Crippen LogP contribution in [-0.4, -0.2) is 33.5 Å². The Hall–Kier alpha value is -0.650. The van der Waals surface area contributed by atoms with E-state index >= 15 is 0 Å². The second kappa shape index (κ2) is 8.11. The first-order chi connectivity index (χ1) is 9.40. The van der Waals surface area contributed by atoms with Crippen LogP contribution >= 0.6 is 34.8 Å². The fourth-order valence-electron chi connectivity index (χ4n) is 1.46. The van der Waals surface area contributed by atoms with Crippen LogP contribution in [0.4, 0.5) is 4.79 Å². The maximum Gasteiger partial charge on any atom is 0.407 e. The average molecular weight is 360 g/mol. The number of hydrogen-bond donors (Lipinski definition) is 2. The van der Waals surface area contributed by atoms with E-state index in [0.29, 0.717) is 6.42 Å². The van der Waals surface area contributed by atoms with Gasteiger partial charge in [0.1, 0.15) is 5.60 Å². The van der Waals surface area contributed by atoms with Crippen LogP contribution in [0.1, 0.15) is 34.1 Å². The number of ether oxygens (including phenoxy) is 1. The van der Waals surface area contributed by atoms with Crippen molar-refractivity contribution in [2.45, 2.75) is 55.6 Å². The van der Waals surface area contributed by atoms with Gasteiger partial charge in [0.2, 0.25) is 0 Å². The minimum atomic E-state index is -2.08. The van der Waals surface area contributed by atoms with Gasteiger partial charge in [-0.15, -0.1) is 6.58 Å². The van der Waals surface area contributed by atoms with E-state index in [4.69, 9.17) is 39.5 Å². The number of alkyl carbamates (subject to hydrolysis) is 1. The van der Waals surface area contributed by atoms with Gasteiger partial charge < -0.3 is 15.4 Å². The smallest absolute Gasteiger partial charge is 0.407 e. The lowest BCUT2D eigenvalue weighted by Gasteiger charge is -2.28. The number of halogens is 3. The summed E-state index contributed by atoms with van der Waals surface area (Å²) < 4.78 is 3.08. The highest BCUT2D eigenvalue weighted by Crippen LogP contribution is 2.26. The molecule has 0 aliphatic heterocycles. The number of nitrogens with one attached hydrogen (secondary N) is 2. The molecular formula is C13H21Cl3N2O3. The van der Waals surface area contributed by atoms with Crippen molar-refractivity contribution in [3.63, 3.8) is 0 Å². The summed E-state index contributed by atoms with van der Waals surface area (Å²) in [4.78, 5) is 23.4. The molecule has 0 aliphatic carbocycles. The number of amides is 2. The minimum Gasteiger partial charge on any atom is -0.444 e. The summed E-state index contributed by atoms with van der Waals surface area (Å²) in [6, 6.07) is -1.03. The molecule has 0 aromatic heterocycles. The summed E-state index contributed by atoms with van der Waals surface area (Å²) >= 11 is 16.5. The molecule has 0 aromatic rings. The Morgan fingerprint density at radius 3 is 2.10 bits per heavy atom. The maximum absolute atomic E-state index is 11.8. The molecule has 122 valence electrons. The van der Waals surface area contributed by atoms with Gasteiger partial charge in [0.15, 0.2) is 0 Å². The molecule has 0 saturated carbocycles. The molecule has 0 aromatic carbocycles. The molecule has 0 fully saturated rings. The van der Waals surface area contributed by atoms with Gasteiger partial charge in [-0.3, -0.25) is 4.79 Å². The van der Waals surface area contributed by atoms with E-state index < -0.39 is 33.5 Å². The van der Waals surface area contributed by atoms with Gasteiger partial charge in [-0.25, -0.2) is 4.79 Å². The number of carbonyl (C=O) groups is 2. The van der Waals surface area contributed by atoms with Crippen LogP contribution in [0, 0.1) is 0 Å². The summed E-state index contributed by atoms with van der Waals surface area (Å²) in [5.41, 5.74) is -0.618. The van der Waals surface area contributed by atoms with Crippen LogP contribution in [0.25, 0.3) is 0 Å². The largest absolute Gasteiger partial charge is 0.444 e. The van der Waals surface area contributed by atoms with Crippen LogP contribution in [0.5, 0.6) is 0 Å². The van der Waals surface area contributed by atoms with Crippen molar-refractivity contribution in [2.24, 2.45) is 0 Å². The van der Waals surface area contributed by atoms with Gasteiger partial charge in [0.05, 0.1) is 12.1 Å². The second-order valence-electron chi connectivity index (χ2n) is 5.39. The first-order valence-electron chi connectivity index (χ1n) is 6.40. The van der Waals surface area contributed by atoms with Crippen molar-refractivity contribution in [3.05, 3.63) is 12.7 Å². The monoisotopic (exact) mass is 358 g/mol. The Morgan fingerprint density at radius 1 is 1.24 bits per heavy atom. The van der Waals surface area contributed by atoms with E-state index in [1.54, 1.807) is 20.8 Å². The molecule has 0 radical (unpaired) electrons. The van der Waals surface area contributed by atoms with Gasteiger partial charge in [-0.1, -0.05) is 47.8 Å². The van der Waals surface area contributed by atoms with Gasteiger partial charge >= 0.3 is 6.09 Å². The fourth-order valence-corrected chi connectivity index (χ4v) is 1.63. The van der Waals surface area contributed by atoms with Crippen molar-refractivity contribution in [1.29, 1.82) is 0 Å². The quantitative estimate of drug-likeness (QED) is 0.584. The molecule has 2 atom stereocenters. The first-order valence-corrected chi connectivity index (χ1v) is 7.53. The zero-order valence-electron chi connectivity index (χ0n) is 12.5. The van der Waals surface area contributed by atoms with Crippen molar-refractivity contribution in [2.75, 3.05) is 0 Å². The highest BCUT2D eigenvalue weighted by atomic mass is 35.6. The highest BCUT2D eigenvalue weighted by Gasteiger charge is 2.33. The van der Waals surface area contributed by atoms with E-state index in [1.165, 1.54) is 6.08 Å². The minimum absolute atomic E-state index is 0.436. The van der Waals surface area contributed by atoms with Crippen molar-refractivity contribution >= 4 is 46.8 Å². The Labute approximate surface area is 140 Å². The molecule has 21 heavy (non-hydrogen) atoms. The highest BCUT2D eigenvalue weighted by molar-refractivity contribution is 6.76. The number of alkyl halides is 3. The van der Waals surface area contributed by atoms with Crippen LogP contribution in [0.15, 0.2) is 12.7 Å². The number of hydrogen-bond acceptors (Lipinski definition) is 3. The summed E-state index contributed by atoms with van der Waals surface area (Å²) in [5.74, 6) is -0.790. The van der Waals surface area contributed by atoms with Gasteiger partial charge in [0.25, 0.3) is 9.70 Å². The first kappa shape index (κ1) is 20.3. The molecule has 5 nitrogen and oxygen atoms in total. The molecule has 2 amide bonds. The van der Waals surface area contributed by atoms with Gasteiger partial charge in [-0.05, 0) is 27.2 Å². The normalized spacial score (nSPS) is 14.8. The lowest BCUT2D eigenvalue weighted by atomic mass is 10.1. The standard InChI is InChI=1S/C13H21Cl3N2O3/c1-6-8(17-10(19)13(14,15)16)9(7-2)18-11(20)21-12(3,4)5/h6,8-9H,1,7H2,2-5H3,(H,17,19)(H,18,20)/t8-,9+/m1/s1. The zero-order chi connectivity index (χ0) is 16.8. The predicted octanol–water partition coefficient (Wildman–Crippen LogP) is 3.33. The molecule has 2 N–H and O–H groups in total. The zero-order valence-corrected chi connectivity index (χ0v) is 14.8.